The number of fused-ring (bicyclic) bond motifs is 13. The van der Waals surface area contributed by atoms with E-state index in [9.17, 15) is 0 Å². The predicted octanol–water partition coefficient (Wildman–Crippen LogP) is 16.1. The van der Waals surface area contributed by atoms with Crippen LogP contribution in [-0.4, -0.2) is 0 Å². The average Bonchev–Trinajstić information content (AvgIpc) is 3.64. The van der Waals surface area contributed by atoms with Gasteiger partial charge in [0, 0.05) is 37.1 Å². The van der Waals surface area contributed by atoms with Gasteiger partial charge in [-0.2, -0.15) is 0 Å². The molecule has 0 bridgehead atoms. The SMILES string of the molecule is c1ccc(-c2ccccc2N(c2ccccc2)c2ccc3c4ccccc4c4ccccc4c4ccccc4c4cc5c(cc4c3c2)sc2ccccc25)cc1. The van der Waals surface area contributed by atoms with Gasteiger partial charge in [-0.3, -0.25) is 0 Å². The van der Waals surface area contributed by atoms with Crippen LogP contribution >= 0.6 is 11.3 Å². The fourth-order valence-corrected chi connectivity index (χ4v) is 9.87. The van der Waals surface area contributed by atoms with Gasteiger partial charge in [-0.15, -0.1) is 11.3 Å². The van der Waals surface area contributed by atoms with Crippen molar-refractivity contribution in [3.63, 3.8) is 0 Å². The minimum Gasteiger partial charge on any atom is -0.310 e. The van der Waals surface area contributed by atoms with Crippen LogP contribution < -0.4 is 4.90 Å². The quantitative estimate of drug-likeness (QED) is 0.174. The summed E-state index contributed by atoms with van der Waals surface area (Å²) in [7, 11) is 0. The van der Waals surface area contributed by atoms with Gasteiger partial charge in [-0.1, -0.05) is 164 Å². The highest BCUT2D eigenvalue weighted by Gasteiger charge is 2.19. The Kier molecular flexibility index (Phi) is 7.75. The van der Waals surface area contributed by atoms with Crippen molar-refractivity contribution in [2.45, 2.75) is 0 Å². The Balaban J connectivity index is 1.36. The maximum atomic E-state index is 2.47. The lowest BCUT2D eigenvalue weighted by Crippen LogP contribution is -2.11. The molecule has 0 atom stereocenters. The lowest BCUT2D eigenvalue weighted by atomic mass is 9.93. The Bertz CT molecular complexity index is 3360. The van der Waals surface area contributed by atoms with E-state index in [4.69, 9.17) is 0 Å². The number of benzene rings is 9. The van der Waals surface area contributed by atoms with E-state index in [-0.39, 0.29) is 0 Å². The van der Waals surface area contributed by atoms with Crippen molar-refractivity contribution in [2.75, 3.05) is 4.90 Å². The first-order valence-corrected chi connectivity index (χ1v) is 20.0. The molecule has 262 valence electrons. The first-order chi connectivity index (χ1) is 27.8. The number of hydrogen-bond donors (Lipinski definition) is 0. The highest BCUT2D eigenvalue weighted by Crippen LogP contribution is 2.45. The molecule has 0 aliphatic heterocycles. The summed E-state index contributed by atoms with van der Waals surface area (Å²) in [4.78, 5) is 2.42. The van der Waals surface area contributed by atoms with Gasteiger partial charge in [0.15, 0.2) is 0 Å². The molecule has 0 amide bonds. The Hall–Kier alpha value is -7.00. The highest BCUT2D eigenvalue weighted by atomic mass is 32.1. The summed E-state index contributed by atoms with van der Waals surface area (Å²) in [6, 6.07) is 78.0. The summed E-state index contributed by atoms with van der Waals surface area (Å²) in [5.74, 6) is 0. The van der Waals surface area contributed by atoms with Crippen molar-refractivity contribution in [3.8, 4) is 11.1 Å². The summed E-state index contributed by atoms with van der Waals surface area (Å²) < 4.78 is 2.60. The van der Waals surface area contributed by atoms with Gasteiger partial charge in [0.05, 0.1) is 5.69 Å². The molecule has 0 unspecified atom stereocenters. The van der Waals surface area contributed by atoms with Gasteiger partial charge in [-0.05, 0) is 108 Å². The molecule has 0 saturated heterocycles. The molecule has 1 aromatic heterocycles. The second-order valence-corrected chi connectivity index (χ2v) is 15.5. The monoisotopic (exact) mass is 729 g/mol. The van der Waals surface area contributed by atoms with Crippen LogP contribution in [0.1, 0.15) is 0 Å². The van der Waals surface area contributed by atoms with E-state index in [1.54, 1.807) is 0 Å². The van der Waals surface area contributed by atoms with Crippen molar-refractivity contribution >= 4 is 102 Å². The van der Waals surface area contributed by atoms with Gasteiger partial charge in [0.2, 0.25) is 0 Å². The molecule has 0 aliphatic rings. The lowest BCUT2D eigenvalue weighted by Gasteiger charge is -2.28. The molecule has 0 N–H and O–H groups in total. The summed E-state index contributed by atoms with van der Waals surface area (Å²) >= 11 is 1.88. The van der Waals surface area contributed by atoms with Crippen molar-refractivity contribution in [2.24, 2.45) is 0 Å². The fourth-order valence-electron chi connectivity index (χ4n) is 8.74. The first-order valence-electron chi connectivity index (χ1n) is 19.2. The van der Waals surface area contributed by atoms with Crippen LogP contribution in [0.15, 0.2) is 212 Å². The minimum absolute atomic E-state index is 1.10. The van der Waals surface area contributed by atoms with Gasteiger partial charge >= 0.3 is 0 Å². The van der Waals surface area contributed by atoms with Crippen LogP contribution in [0.3, 0.4) is 0 Å². The zero-order valence-corrected chi connectivity index (χ0v) is 31.4. The maximum Gasteiger partial charge on any atom is 0.0540 e. The molecule has 11 rings (SSSR count). The molecule has 0 spiro atoms. The van der Waals surface area contributed by atoms with E-state index in [0.717, 1.165) is 17.1 Å². The predicted molar refractivity (Wildman–Crippen MR) is 245 cm³/mol. The van der Waals surface area contributed by atoms with E-state index in [2.05, 4.69) is 217 Å². The molecule has 11 aromatic rings. The van der Waals surface area contributed by atoms with E-state index in [1.165, 1.54) is 85.2 Å². The number of rotatable bonds is 4. The van der Waals surface area contributed by atoms with Crippen molar-refractivity contribution in [1.29, 1.82) is 0 Å². The van der Waals surface area contributed by atoms with E-state index in [1.807, 2.05) is 11.3 Å². The summed E-state index contributed by atoms with van der Waals surface area (Å²) in [5, 5.41) is 14.9. The summed E-state index contributed by atoms with van der Waals surface area (Å²) in [5.41, 5.74) is 5.70. The highest BCUT2D eigenvalue weighted by molar-refractivity contribution is 7.25. The van der Waals surface area contributed by atoms with Gasteiger partial charge < -0.3 is 4.90 Å². The fraction of sp³-hybridized carbons (Fsp3) is 0. The van der Waals surface area contributed by atoms with E-state index >= 15 is 0 Å². The first kappa shape index (κ1) is 32.4. The molecule has 0 saturated carbocycles. The molecule has 0 aliphatic carbocycles. The molecule has 0 radical (unpaired) electrons. The molecular weight excluding hydrogens is 695 g/mol. The van der Waals surface area contributed by atoms with E-state index < -0.39 is 0 Å². The second-order valence-electron chi connectivity index (χ2n) is 14.4. The van der Waals surface area contributed by atoms with Crippen molar-refractivity contribution in [1.82, 2.24) is 0 Å². The maximum absolute atomic E-state index is 2.47. The number of para-hydroxylation sites is 2. The Morgan fingerprint density at radius 2 is 0.732 bits per heavy atom. The molecule has 2 heteroatoms. The topological polar surface area (TPSA) is 3.24 Å². The molecule has 1 heterocycles. The number of hydrogen-bond acceptors (Lipinski definition) is 2. The van der Waals surface area contributed by atoms with Gasteiger partial charge in [0.25, 0.3) is 0 Å². The summed E-state index contributed by atoms with van der Waals surface area (Å²) in [6.45, 7) is 0. The average molecular weight is 730 g/mol. The molecule has 0 fully saturated rings. The Morgan fingerprint density at radius 1 is 0.268 bits per heavy atom. The number of thiophene rings is 1. The second kappa shape index (κ2) is 13.4. The Labute approximate surface area is 329 Å². The number of nitrogens with zero attached hydrogens (tertiary/aromatic N) is 1. The van der Waals surface area contributed by atoms with Crippen LogP contribution in [0.4, 0.5) is 17.1 Å². The van der Waals surface area contributed by atoms with Crippen LogP contribution in [0.25, 0.3) is 85.2 Å². The number of anilines is 3. The third kappa shape index (κ3) is 5.30. The smallest absolute Gasteiger partial charge is 0.0540 e. The van der Waals surface area contributed by atoms with E-state index in [0.29, 0.717) is 0 Å². The van der Waals surface area contributed by atoms with Crippen LogP contribution in [0, 0.1) is 0 Å². The van der Waals surface area contributed by atoms with Crippen molar-refractivity contribution < 1.29 is 0 Å². The van der Waals surface area contributed by atoms with Gasteiger partial charge in [0.1, 0.15) is 0 Å². The normalized spacial score (nSPS) is 11.6. The van der Waals surface area contributed by atoms with Crippen molar-refractivity contribution in [3.05, 3.63) is 212 Å². The van der Waals surface area contributed by atoms with Crippen LogP contribution in [0.5, 0.6) is 0 Å². The lowest BCUT2D eigenvalue weighted by molar-refractivity contribution is 1.29. The van der Waals surface area contributed by atoms with Crippen LogP contribution in [0.2, 0.25) is 0 Å². The molecule has 10 aromatic carbocycles. The Morgan fingerprint density at radius 3 is 1.38 bits per heavy atom. The van der Waals surface area contributed by atoms with Gasteiger partial charge in [-0.25, -0.2) is 0 Å². The van der Waals surface area contributed by atoms with Crippen LogP contribution in [-0.2, 0) is 0 Å². The minimum atomic E-state index is 1.10. The zero-order valence-electron chi connectivity index (χ0n) is 30.6. The molecule has 56 heavy (non-hydrogen) atoms. The molecule has 1 nitrogen and oxygen atoms in total. The standard InChI is InChI=1S/C54H35NS/c1-3-17-36(18-4-1)39-21-13-15-29-52(39)55(37-19-5-2-6-20-37)38-31-32-46-44-26-10-9-24-42(44)40-22-7-8-23-41(40)43-25-11-12-27-45(43)49-34-51-47-28-14-16-30-53(47)56-54(51)35-50(49)48(46)33-38/h1-35H. The third-order valence-electron chi connectivity index (χ3n) is 11.3. The third-order valence-corrected chi connectivity index (χ3v) is 12.4. The largest absolute Gasteiger partial charge is 0.310 e. The summed E-state index contributed by atoms with van der Waals surface area (Å²) in [6.07, 6.45) is 0. The molecular formula is C54H35NS. The zero-order chi connectivity index (χ0) is 37.0.